The molecule has 1 saturated carbocycles. The molecule has 1 atom stereocenters. The summed E-state index contributed by atoms with van der Waals surface area (Å²) in [6.45, 7) is 8.65. The molecule has 7 heteroatoms. The maximum absolute atomic E-state index is 12.9. The summed E-state index contributed by atoms with van der Waals surface area (Å²) in [6.07, 6.45) is 6.20. The summed E-state index contributed by atoms with van der Waals surface area (Å²) in [5.74, 6) is 0.699. The van der Waals surface area contributed by atoms with Gasteiger partial charge in [-0.2, -0.15) is 0 Å². The minimum Gasteiger partial charge on any atom is -0.491 e. The number of aliphatic hydroxyl groups is 1. The lowest BCUT2D eigenvalue weighted by Gasteiger charge is -2.32. The number of aliphatic hydroxyl groups excluding tert-OH is 1. The van der Waals surface area contributed by atoms with E-state index in [2.05, 4.69) is 16.0 Å². The maximum Gasteiger partial charge on any atom is 0.410 e. The predicted octanol–water partition coefficient (Wildman–Crippen LogP) is 4.56. The predicted molar refractivity (Wildman–Crippen MR) is 135 cm³/mol. The summed E-state index contributed by atoms with van der Waals surface area (Å²) in [4.78, 5) is 21.5. The van der Waals surface area contributed by atoms with Crippen molar-refractivity contribution in [2.24, 2.45) is 0 Å². The molecule has 2 heterocycles. The number of aromatic nitrogens is 1. The van der Waals surface area contributed by atoms with Gasteiger partial charge in [0.05, 0.1) is 0 Å². The van der Waals surface area contributed by atoms with Crippen molar-refractivity contribution in [3.63, 3.8) is 0 Å². The first-order chi connectivity index (χ1) is 16.8. The Kier molecular flexibility index (Phi) is 8.29. The van der Waals surface area contributed by atoms with Crippen molar-refractivity contribution in [1.82, 2.24) is 14.8 Å². The minimum absolute atomic E-state index is 0.209. The van der Waals surface area contributed by atoms with Crippen molar-refractivity contribution in [3.8, 4) is 5.75 Å². The molecule has 4 rings (SSSR count). The number of hydrogen-bond donors (Lipinski definition) is 1. The standard InChI is InChI=1S/C28H39N3O4/c1-28(2,3)35-27(33)31(23-10-4-5-11-23)17-21-8-6-12-25(16-21)34-20-24(32)19-30-15-13-26-22(18-30)9-7-14-29-26/h6-9,12,14,16,23-24,32H,4-5,10-11,13,15,17-20H2,1-3H3. The molecule has 1 aromatic heterocycles. The van der Waals surface area contributed by atoms with E-state index < -0.39 is 11.7 Å². The Morgan fingerprint density at radius 3 is 2.80 bits per heavy atom. The number of fused-ring (bicyclic) bond motifs is 1. The third-order valence-corrected chi connectivity index (χ3v) is 6.60. The van der Waals surface area contributed by atoms with Crippen LogP contribution in [0.5, 0.6) is 5.75 Å². The average molecular weight is 482 g/mol. The highest BCUT2D eigenvalue weighted by atomic mass is 16.6. The van der Waals surface area contributed by atoms with Gasteiger partial charge < -0.3 is 19.5 Å². The molecule has 1 aromatic carbocycles. The van der Waals surface area contributed by atoms with Crippen LogP contribution in [0.2, 0.25) is 0 Å². The molecule has 1 amide bonds. The van der Waals surface area contributed by atoms with Gasteiger partial charge in [-0.25, -0.2) is 4.79 Å². The summed E-state index contributed by atoms with van der Waals surface area (Å²) in [5, 5.41) is 10.6. The van der Waals surface area contributed by atoms with Gasteiger partial charge in [0.2, 0.25) is 0 Å². The van der Waals surface area contributed by atoms with E-state index in [4.69, 9.17) is 9.47 Å². The largest absolute Gasteiger partial charge is 0.491 e. The lowest BCUT2D eigenvalue weighted by molar-refractivity contribution is 0.0144. The highest BCUT2D eigenvalue weighted by molar-refractivity contribution is 5.68. The first-order valence-electron chi connectivity index (χ1n) is 12.8. The van der Waals surface area contributed by atoms with E-state index in [9.17, 15) is 9.90 Å². The highest BCUT2D eigenvalue weighted by Crippen LogP contribution is 2.27. The van der Waals surface area contributed by atoms with Crippen LogP contribution in [0, 0.1) is 0 Å². The normalized spacial score (nSPS) is 17.6. The lowest BCUT2D eigenvalue weighted by Crippen LogP contribution is -2.41. The van der Waals surface area contributed by atoms with Crippen molar-refractivity contribution < 1.29 is 19.4 Å². The van der Waals surface area contributed by atoms with Gasteiger partial charge in [-0.05, 0) is 62.9 Å². The zero-order chi connectivity index (χ0) is 24.8. The van der Waals surface area contributed by atoms with E-state index in [1.54, 1.807) is 0 Å². The van der Waals surface area contributed by atoms with Gasteiger partial charge in [-0.1, -0.05) is 31.0 Å². The van der Waals surface area contributed by atoms with Crippen LogP contribution in [-0.2, 0) is 24.2 Å². The molecule has 7 nitrogen and oxygen atoms in total. The van der Waals surface area contributed by atoms with Crippen molar-refractivity contribution in [2.75, 3.05) is 19.7 Å². The van der Waals surface area contributed by atoms with Gasteiger partial charge >= 0.3 is 6.09 Å². The van der Waals surface area contributed by atoms with Gasteiger partial charge in [-0.3, -0.25) is 9.88 Å². The Hall–Kier alpha value is -2.64. The van der Waals surface area contributed by atoms with Crippen molar-refractivity contribution in [1.29, 1.82) is 0 Å². The van der Waals surface area contributed by atoms with Gasteiger partial charge in [0.1, 0.15) is 24.1 Å². The smallest absolute Gasteiger partial charge is 0.410 e. The van der Waals surface area contributed by atoms with Gasteiger partial charge in [-0.15, -0.1) is 0 Å². The van der Waals surface area contributed by atoms with Crippen LogP contribution in [0.4, 0.5) is 4.79 Å². The van der Waals surface area contributed by atoms with Crippen LogP contribution in [0.3, 0.4) is 0 Å². The van der Waals surface area contributed by atoms with E-state index in [-0.39, 0.29) is 18.7 Å². The van der Waals surface area contributed by atoms with Crippen LogP contribution in [-0.4, -0.2) is 63.4 Å². The van der Waals surface area contributed by atoms with E-state index in [0.717, 1.165) is 56.5 Å². The number of rotatable bonds is 8. The quantitative estimate of drug-likeness (QED) is 0.596. The van der Waals surface area contributed by atoms with E-state index in [0.29, 0.717) is 18.8 Å². The van der Waals surface area contributed by atoms with Crippen molar-refractivity contribution in [3.05, 3.63) is 59.4 Å². The Bertz CT molecular complexity index is 984. The average Bonchev–Trinajstić information content (AvgIpc) is 3.35. The highest BCUT2D eigenvalue weighted by Gasteiger charge is 2.30. The Balaban J connectivity index is 1.32. The number of carbonyl (C=O) groups is 1. The SMILES string of the molecule is CC(C)(C)OC(=O)N(Cc1cccc(OCC(O)CN2CCc3ncccc3C2)c1)C1CCCC1. The molecule has 0 spiro atoms. The number of hydrogen-bond acceptors (Lipinski definition) is 6. The number of benzene rings is 1. The molecule has 0 saturated heterocycles. The van der Waals surface area contributed by atoms with Crippen molar-refractivity contribution >= 4 is 6.09 Å². The number of β-amino-alcohol motifs (C(OH)–C–C–N with tert-alkyl or cyclic N) is 1. The third kappa shape index (κ3) is 7.42. The summed E-state index contributed by atoms with van der Waals surface area (Å²) < 4.78 is 11.6. The van der Waals surface area contributed by atoms with Gasteiger partial charge in [0.15, 0.2) is 0 Å². The number of pyridine rings is 1. The maximum atomic E-state index is 12.9. The van der Waals surface area contributed by atoms with Gasteiger partial charge in [0, 0.05) is 50.5 Å². The van der Waals surface area contributed by atoms with Crippen LogP contribution < -0.4 is 4.74 Å². The molecule has 1 N–H and O–H groups in total. The van der Waals surface area contributed by atoms with Crippen molar-refractivity contribution in [2.45, 2.75) is 83.7 Å². The number of carbonyl (C=O) groups excluding carboxylic acids is 1. The zero-order valence-corrected chi connectivity index (χ0v) is 21.3. The monoisotopic (exact) mass is 481 g/mol. The second-order valence-corrected chi connectivity index (χ2v) is 10.8. The first-order valence-corrected chi connectivity index (χ1v) is 12.8. The second kappa shape index (κ2) is 11.4. The summed E-state index contributed by atoms with van der Waals surface area (Å²) in [5.41, 5.74) is 2.86. The van der Waals surface area contributed by atoms with E-state index in [1.807, 2.05) is 62.2 Å². The fourth-order valence-corrected chi connectivity index (χ4v) is 4.93. The van der Waals surface area contributed by atoms with Crippen LogP contribution in [0.25, 0.3) is 0 Å². The first kappa shape index (κ1) is 25.5. The Labute approximate surface area is 209 Å². The molecular weight excluding hydrogens is 442 g/mol. The molecule has 35 heavy (non-hydrogen) atoms. The third-order valence-electron chi connectivity index (χ3n) is 6.60. The lowest BCUT2D eigenvalue weighted by atomic mass is 10.1. The minimum atomic E-state index is -0.589. The zero-order valence-electron chi connectivity index (χ0n) is 21.3. The molecule has 190 valence electrons. The molecule has 2 aliphatic rings. The fourth-order valence-electron chi connectivity index (χ4n) is 4.93. The molecule has 0 radical (unpaired) electrons. The summed E-state index contributed by atoms with van der Waals surface area (Å²) >= 11 is 0. The molecule has 1 aliphatic heterocycles. The Morgan fingerprint density at radius 1 is 1.23 bits per heavy atom. The molecule has 1 aliphatic carbocycles. The number of amides is 1. The Morgan fingerprint density at radius 2 is 2.03 bits per heavy atom. The topological polar surface area (TPSA) is 75.1 Å². The molecule has 1 fully saturated rings. The molecule has 2 aromatic rings. The summed E-state index contributed by atoms with van der Waals surface area (Å²) in [7, 11) is 0. The second-order valence-electron chi connectivity index (χ2n) is 10.8. The van der Waals surface area contributed by atoms with E-state index in [1.165, 1.54) is 5.56 Å². The molecular formula is C28H39N3O4. The number of nitrogens with zero attached hydrogens (tertiary/aromatic N) is 3. The van der Waals surface area contributed by atoms with Crippen LogP contribution in [0.15, 0.2) is 42.6 Å². The molecule has 0 bridgehead atoms. The van der Waals surface area contributed by atoms with E-state index >= 15 is 0 Å². The van der Waals surface area contributed by atoms with Crippen LogP contribution in [0.1, 0.15) is 63.3 Å². The van der Waals surface area contributed by atoms with Crippen LogP contribution >= 0.6 is 0 Å². The molecule has 1 unspecified atom stereocenters. The number of ether oxygens (including phenoxy) is 2. The summed E-state index contributed by atoms with van der Waals surface area (Å²) in [6, 6.07) is 12.1. The fraction of sp³-hybridized carbons (Fsp3) is 0.571. The van der Waals surface area contributed by atoms with Gasteiger partial charge in [0.25, 0.3) is 0 Å².